The van der Waals surface area contributed by atoms with Crippen LogP contribution in [0.2, 0.25) is 0 Å². The number of carbonyl (C=O) groups excluding carboxylic acids is 2. The first-order valence-electron chi connectivity index (χ1n) is 2.67. The molecule has 0 saturated carbocycles. The number of rotatable bonds is 3. The molecule has 0 atom stereocenters. The summed E-state index contributed by atoms with van der Waals surface area (Å²) in [6.07, 6.45) is 1.68. The summed E-state index contributed by atoms with van der Waals surface area (Å²) >= 11 is 0. The first kappa shape index (κ1) is 8.68. The summed E-state index contributed by atoms with van der Waals surface area (Å²) in [5.74, 6) is -0.480. The highest BCUT2D eigenvalue weighted by Gasteiger charge is 1.93. The van der Waals surface area contributed by atoms with Crippen molar-refractivity contribution in [3.63, 3.8) is 0 Å². The third-order valence-electron chi connectivity index (χ3n) is 0.822. The summed E-state index contributed by atoms with van der Waals surface area (Å²) < 4.78 is 4.30. The van der Waals surface area contributed by atoms with Gasteiger partial charge in [-0.3, -0.25) is 4.79 Å². The van der Waals surface area contributed by atoms with Crippen LogP contribution in [0.1, 0.15) is 6.92 Å². The van der Waals surface area contributed by atoms with Crippen molar-refractivity contribution < 1.29 is 14.3 Å². The van der Waals surface area contributed by atoms with Crippen LogP contribution in [0, 0.1) is 0 Å². The second-order valence-corrected chi connectivity index (χ2v) is 1.61. The van der Waals surface area contributed by atoms with Crippen LogP contribution in [0.4, 0.5) is 0 Å². The van der Waals surface area contributed by atoms with Crippen LogP contribution in [0.5, 0.6) is 0 Å². The zero-order chi connectivity index (χ0) is 7.98. The monoisotopic (exact) mass is 143 g/mol. The van der Waals surface area contributed by atoms with E-state index in [1.54, 1.807) is 6.92 Å². The second-order valence-electron chi connectivity index (χ2n) is 1.61. The fourth-order valence-electron chi connectivity index (χ4n) is 0.370. The molecule has 0 saturated heterocycles. The maximum absolute atomic E-state index is 10.4. The minimum atomic E-state index is -0.480. The number of carbonyl (C=O) groups is 2. The van der Waals surface area contributed by atoms with Gasteiger partial charge in [0.25, 0.3) is 0 Å². The van der Waals surface area contributed by atoms with Crippen LogP contribution in [-0.4, -0.2) is 19.5 Å². The molecule has 4 heteroatoms. The van der Waals surface area contributed by atoms with Gasteiger partial charge in [0.15, 0.2) is 0 Å². The number of methoxy groups -OCH3 is 1. The van der Waals surface area contributed by atoms with Gasteiger partial charge in [-0.05, 0) is 6.92 Å². The van der Waals surface area contributed by atoms with Crippen LogP contribution in [0.15, 0.2) is 11.8 Å². The van der Waals surface area contributed by atoms with Gasteiger partial charge in [-0.2, -0.15) is 0 Å². The molecule has 0 fully saturated rings. The van der Waals surface area contributed by atoms with E-state index in [2.05, 4.69) is 10.1 Å². The van der Waals surface area contributed by atoms with E-state index < -0.39 is 5.97 Å². The number of allylic oxidation sites excluding steroid dienone is 1. The Kier molecular flexibility index (Phi) is 3.95. The van der Waals surface area contributed by atoms with Crippen molar-refractivity contribution in [1.82, 2.24) is 5.32 Å². The lowest BCUT2D eigenvalue weighted by molar-refractivity contribution is -0.134. The quantitative estimate of drug-likeness (QED) is 0.338. The molecule has 1 amide bonds. The molecule has 56 valence electrons. The van der Waals surface area contributed by atoms with Crippen LogP contribution < -0.4 is 5.32 Å². The molecule has 0 aliphatic rings. The largest absolute Gasteiger partial charge is 0.466 e. The van der Waals surface area contributed by atoms with Crippen molar-refractivity contribution in [2.24, 2.45) is 0 Å². The van der Waals surface area contributed by atoms with Crippen molar-refractivity contribution in [2.75, 3.05) is 7.11 Å². The van der Waals surface area contributed by atoms with Gasteiger partial charge in [-0.25, -0.2) is 4.79 Å². The summed E-state index contributed by atoms with van der Waals surface area (Å²) in [5, 5.41) is 2.29. The standard InChI is InChI=1S/C6H9NO3/c1-5(7-4-8)3-6(9)10-2/h3-4H,1-2H3,(H,7,8). The number of ether oxygens (including phenoxy) is 1. The number of nitrogens with one attached hydrogen (secondary N) is 1. The second kappa shape index (κ2) is 4.55. The Bertz CT molecular complexity index is 162. The Balaban J connectivity index is 3.88. The third-order valence-corrected chi connectivity index (χ3v) is 0.822. The molecule has 4 nitrogen and oxygen atoms in total. The van der Waals surface area contributed by atoms with E-state index in [0.717, 1.165) is 0 Å². The molecule has 10 heavy (non-hydrogen) atoms. The molecule has 0 aliphatic carbocycles. The van der Waals surface area contributed by atoms with Crippen molar-refractivity contribution in [3.8, 4) is 0 Å². The Morgan fingerprint density at radius 1 is 1.60 bits per heavy atom. The van der Waals surface area contributed by atoms with E-state index in [-0.39, 0.29) is 0 Å². The molecule has 0 aromatic carbocycles. The van der Waals surface area contributed by atoms with Crippen molar-refractivity contribution in [3.05, 3.63) is 11.8 Å². The molecule has 0 aromatic heterocycles. The lowest BCUT2D eigenvalue weighted by Gasteiger charge is -1.95. The zero-order valence-electron chi connectivity index (χ0n) is 5.88. The minimum Gasteiger partial charge on any atom is -0.466 e. The van der Waals surface area contributed by atoms with Gasteiger partial charge in [0.1, 0.15) is 0 Å². The van der Waals surface area contributed by atoms with Gasteiger partial charge in [-0.1, -0.05) is 0 Å². The lowest BCUT2D eigenvalue weighted by Crippen LogP contribution is -2.09. The van der Waals surface area contributed by atoms with Gasteiger partial charge in [-0.15, -0.1) is 0 Å². The summed E-state index contributed by atoms with van der Waals surface area (Å²) in [5.41, 5.74) is 0.460. The molecule has 0 rings (SSSR count). The molecule has 0 aromatic rings. The lowest BCUT2D eigenvalue weighted by atomic mass is 10.4. The third kappa shape index (κ3) is 3.65. The maximum Gasteiger partial charge on any atom is 0.332 e. The number of hydrogen-bond donors (Lipinski definition) is 1. The van der Waals surface area contributed by atoms with Gasteiger partial charge < -0.3 is 10.1 Å². The first-order valence-corrected chi connectivity index (χ1v) is 2.67. The van der Waals surface area contributed by atoms with E-state index in [4.69, 9.17) is 0 Å². The van der Waals surface area contributed by atoms with Crippen molar-refractivity contribution in [2.45, 2.75) is 6.92 Å². The van der Waals surface area contributed by atoms with E-state index in [9.17, 15) is 9.59 Å². The smallest absolute Gasteiger partial charge is 0.332 e. The van der Waals surface area contributed by atoms with Crippen LogP contribution in [0.3, 0.4) is 0 Å². The fraction of sp³-hybridized carbons (Fsp3) is 0.333. The van der Waals surface area contributed by atoms with Gasteiger partial charge in [0, 0.05) is 11.8 Å². The maximum atomic E-state index is 10.4. The Morgan fingerprint density at radius 3 is 2.60 bits per heavy atom. The van der Waals surface area contributed by atoms with E-state index in [1.165, 1.54) is 13.2 Å². The fourth-order valence-corrected chi connectivity index (χ4v) is 0.370. The topological polar surface area (TPSA) is 55.4 Å². The first-order chi connectivity index (χ1) is 4.70. The predicted molar refractivity (Wildman–Crippen MR) is 35.0 cm³/mol. The zero-order valence-corrected chi connectivity index (χ0v) is 5.88. The highest BCUT2D eigenvalue weighted by Crippen LogP contribution is 1.85. The molecular formula is C6H9NO3. The van der Waals surface area contributed by atoms with Gasteiger partial charge in [0.2, 0.25) is 6.41 Å². The Labute approximate surface area is 58.9 Å². The van der Waals surface area contributed by atoms with Gasteiger partial charge in [0.05, 0.1) is 7.11 Å². The van der Waals surface area contributed by atoms with E-state index >= 15 is 0 Å². The Hall–Kier alpha value is -1.32. The predicted octanol–water partition coefficient (Wildman–Crippen LogP) is -0.191. The van der Waals surface area contributed by atoms with Crippen LogP contribution in [0.25, 0.3) is 0 Å². The summed E-state index contributed by atoms with van der Waals surface area (Å²) in [6, 6.07) is 0. The highest BCUT2D eigenvalue weighted by atomic mass is 16.5. The number of esters is 1. The molecule has 0 heterocycles. The molecule has 0 radical (unpaired) electrons. The van der Waals surface area contributed by atoms with E-state index in [0.29, 0.717) is 12.1 Å². The molecule has 0 aliphatic heterocycles. The highest BCUT2D eigenvalue weighted by molar-refractivity contribution is 5.82. The van der Waals surface area contributed by atoms with Crippen LogP contribution >= 0.6 is 0 Å². The van der Waals surface area contributed by atoms with Gasteiger partial charge >= 0.3 is 5.97 Å². The average Bonchev–Trinajstić information content (AvgIpc) is 1.88. The molecule has 0 unspecified atom stereocenters. The summed E-state index contributed by atoms with van der Waals surface area (Å²) in [6.45, 7) is 1.59. The molecular weight excluding hydrogens is 134 g/mol. The van der Waals surface area contributed by atoms with Crippen LogP contribution in [-0.2, 0) is 14.3 Å². The molecule has 1 N–H and O–H groups in total. The SMILES string of the molecule is COC(=O)C=C(C)NC=O. The summed E-state index contributed by atoms with van der Waals surface area (Å²) in [7, 11) is 1.27. The summed E-state index contributed by atoms with van der Waals surface area (Å²) in [4.78, 5) is 20.2. The van der Waals surface area contributed by atoms with Crippen molar-refractivity contribution in [1.29, 1.82) is 0 Å². The van der Waals surface area contributed by atoms with Crippen molar-refractivity contribution >= 4 is 12.4 Å². The minimum absolute atomic E-state index is 0.460. The number of hydrogen-bond acceptors (Lipinski definition) is 3. The number of amides is 1. The average molecular weight is 143 g/mol. The molecule has 0 spiro atoms. The van der Waals surface area contributed by atoms with E-state index in [1.807, 2.05) is 0 Å². The molecule has 0 bridgehead atoms. The normalized spacial score (nSPS) is 10.4. The Morgan fingerprint density at radius 2 is 2.20 bits per heavy atom.